The number of nitrogens with zero attached hydrogens (tertiary/aromatic N) is 6. The van der Waals surface area contributed by atoms with E-state index < -0.39 is 0 Å². The van der Waals surface area contributed by atoms with Crippen LogP contribution in [0.25, 0.3) is 0 Å². The van der Waals surface area contributed by atoms with Crippen LogP contribution in [0.4, 0.5) is 10.3 Å². The van der Waals surface area contributed by atoms with Gasteiger partial charge in [0.1, 0.15) is 0 Å². The number of carbonyl (C=O) groups excluding carboxylic acids is 2. The number of hydrogen-bond acceptors (Lipinski definition) is 7. The van der Waals surface area contributed by atoms with E-state index in [-0.39, 0.29) is 17.7 Å². The van der Waals surface area contributed by atoms with E-state index >= 15 is 0 Å². The molecule has 0 spiro atoms. The molecule has 1 unspecified atom stereocenters. The fourth-order valence-corrected chi connectivity index (χ4v) is 5.12. The van der Waals surface area contributed by atoms with Crippen molar-refractivity contribution in [2.45, 2.75) is 32.6 Å². The molecular weight excluding hydrogens is 364 g/mol. The van der Waals surface area contributed by atoms with Gasteiger partial charge in [-0.15, -0.1) is 10.2 Å². The normalized spacial score (nSPS) is 24.7. The number of piperidine rings is 1. The summed E-state index contributed by atoms with van der Waals surface area (Å²) in [5, 5.41) is 10.1. The number of likely N-dealkylation sites (N-methyl/N-ethyl adjacent to an activating group) is 1. The lowest BCUT2D eigenvalue weighted by atomic mass is 9.96. The molecule has 3 aliphatic heterocycles. The fourth-order valence-electron chi connectivity index (χ4n) is 4.19. The van der Waals surface area contributed by atoms with Crippen LogP contribution in [0.5, 0.6) is 0 Å². The molecule has 0 N–H and O–H groups in total. The van der Waals surface area contributed by atoms with Crippen LogP contribution in [0.3, 0.4) is 0 Å². The van der Waals surface area contributed by atoms with Gasteiger partial charge in [-0.25, -0.2) is 0 Å². The Morgan fingerprint density at radius 2 is 1.85 bits per heavy atom. The zero-order valence-corrected chi connectivity index (χ0v) is 16.8. The summed E-state index contributed by atoms with van der Waals surface area (Å²) in [6, 6.07) is 0. The molecule has 0 bridgehead atoms. The van der Waals surface area contributed by atoms with Crippen molar-refractivity contribution in [1.29, 1.82) is 0 Å². The standard InChI is InChI=1S/C18H28N6O2S/c1-2-21-9-11-22(12-10-21)16(26)14-5-3-7-23(13-14)17-19-20-18(27-17)24-8-4-6-15(24)25/h14H,2-13H2,1H3. The molecular formula is C18H28N6O2S. The zero-order chi connectivity index (χ0) is 18.8. The Hall–Kier alpha value is -1.74. The summed E-state index contributed by atoms with van der Waals surface area (Å²) in [5.74, 6) is 0.457. The summed E-state index contributed by atoms with van der Waals surface area (Å²) in [6.45, 7) is 9.18. The Morgan fingerprint density at radius 3 is 2.56 bits per heavy atom. The molecule has 3 fully saturated rings. The number of rotatable bonds is 4. The molecule has 9 heteroatoms. The number of carbonyl (C=O) groups is 2. The molecule has 27 heavy (non-hydrogen) atoms. The Morgan fingerprint density at radius 1 is 1.07 bits per heavy atom. The predicted molar refractivity (Wildman–Crippen MR) is 105 cm³/mol. The first-order chi connectivity index (χ1) is 13.2. The Bertz CT molecular complexity index is 687. The van der Waals surface area contributed by atoms with Gasteiger partial charge in [-0.2, -0.15) is 0 Å². The first-order valence-electron chi connectivity index (χ1n) is 10.1. The van der Waals surface area contributed by atoms with Crippen molar-refractivity contribution in [1.82, 2.24) is 20.0 Å². The minimum atomic E-state index is 0.0349. The van der Waals surface area contributed by atoms with E-state index in [2.05, 4.69) is 26.9 Å². The highest BCUT2D eigenvalue weighted by Gasteiger charge is 2.33. The van der Waals surface area contributed by atoms with Gasteiger partial charge in [0.05, 0.1) is 5.92 Å². The van der Waals surface area contributed by atoms with Crippen LogP contribution in [-0.2, 0) is 9.59 Å². The largest absolute Gasteiger partial charge is 0.346 e. The molecule has 1 aromatic heterocycles. The van der Waals surface area contributed by atoms with Gasteiger partial charge in [0.25, 0.3) is 0 Å². The third-order valence-corrected chi connectivity index (χ3v) is 6.89. The monoisotopic (exact) mass is 392 g/mol. The van der Waals surface area contributed by atoms with E-state index in [9.17, 15) is 9.59 Å². The highest BCUT2D eigenvalue weighted by Crippen LogP contribution is 2.32. The summed E-state index contributed by atoms with van der Waals surface area (Å²) >= 11 is 1.47. The van der Waals surface area contributed by atoms with Crippen LogP contribution in [0.15, 0.2) is 0 Å². The van der Waals surface area contributed by atoms with Crippen molar-refractivity contribution >= 4 is 33.4 Å². The van der Waals surface area contributed by atoms with Crippen molar-refractivity contribution < 1.29 is 9.59 Å². The SMILES string of the molecule is CCN1CCN(C(=O)C2CCCN(c3nnc(N4CCCC4=O)s3)C2)CC1. The molecule has 3 saturated heterocycles. The molecule has 0 aromatic carbocycles. The highest BCUT2D eigenvalue weighted by atomic mass is 32.1. The van der Waals surface area contributed by atoms with Gasteiger partial charge in [-0.05, 0) is 25.8 Å². The summed E-state index contributed by atoms with van der Waals surface area (Å²) < 4.78 is 0. The van der Waals surface area contributed by atoms with E-state index in [4.69, 9.17) is 0 Å². The number of hydrogen-bond donors (Lipinski definition) is 0. The lowest BCUT2D eigenvalue weighted by Gasteiger charge is -2.38. The molecule has 148 valence electrons. The van der Waals surface area contributed by atoms with Gasteiger partial charge in [-0.1, -0.05) is 18.3 Å². The smallest absolute Gasteiger partial charge is 0.228 e. The fraction of sp³-hybridized carbons (Fsp3) is 0.778. The molecule has 0 aliphatic carbocycles. The summed E-state index contributed by atoms with van der Waals surface area (Å²) in [5.41, 5.74) is 0. The third kappa shape index (κ3) is 3.94. The van der Waals surface area contributed by atoms with Gasteiger partial charge in [-0.3, -0.25) is 14.5 Å². The van der Waals surface area contributed by atoms with Gasteiger partial charge in [0, 0.05) is 52.2 Å². The Labute approximate surface area is 164 Å². The molecule has 1 atom stereocenters. The highest BCUT2D eigenvalue weighted by molar-refractivity contribution is 7.19. The van der Waals surface area contributed by atoms with Gasteiger partial charge in [0.15, 0.2) is 0 Å². The van der Waals surface area contributed by atoms with Gasteiger partial charge in [0.2, 0.25) is 22.1 Å². The van der Waals surface area contributed by atoms with Crippen LogP contribution < -0.4 is 9.80 Å². The number of amides is 2. The van der Waals surface area contributed by atoms with Crippen LogP contribution >= 0.6 is 11.3 Å². The van der Waals surface area contributed by atoms with Crippen molar-refractivity contribution in [2.75, 3.05) is 62.2 Å². The van der Waals surface area contributed by atoms with Crippen LogP contribution in [-0.4, -0.2) is 84.2 Å². The molecule has 4 rings (SSSR count). The average Bonchev–Trinajstić information content (AvgIpc) is 3.36. The minimum Gasteiger partial charge on any atom is -0.346 e. The van der Waals surface area contributed by atoms with Crippen LogP contribution in [0.2, 0.25) is 0 Å². The molecule has 2 amide bonds. The lowest BCUT2D eigenvalue weighted by molar-refractivity contribution is -0.137. The summed E-state index contributed by atoms with van der Waals surface area (Å²) in [6.07, 6.45) is 3.42. The average molecular weight is 393 g/mol. The van der Waals surface area contributed by atoms with Crippen molar-refractivity contribution in [3.8, 4) is 0 Å². The number of aromatic nitrogens is 2. The summed E-state index contributed by atoms with van der Waals surface area (Å²) in [4.78, 5) is 33.2. The topological polar surface area (TPSA) is 72.9 Å². The Kier molecular flexibility index (Phi) is 5.58. The van der Waals surface area contributed by atoms with Crippen molar-refractivity contribution in [2.24, 2.45) is 5.92 Å². The number of piperazine rings is 1. The molecule has 4 heterocycles. The van der Waals surface area contributed by atoms with Gasteiger partial charge < -0.3 is 14.7 Å². The molecule has 0 radical (unpaired) electrons. The predicted octanol–water partition coefficient (Wildman–Crippen LogP) is 1.05. The Balaban J connectivity index is 1.37. The van der Waals surface area contributed by atoms with E-state index in [0.717, 1.165) is 70.2 Å². The second-order valence-electron chi connectivity index (χ2n) is 7.56. The molecule has 3 aliphatic rings. The van der Waals surface area contributed by atoms with Crippen LogP contribution in [0.1, 0.15) is 32.6 Å². The summed E-state index contributed by atoms with van der Waals surface area (Å²) in [7, 11) is 0. The third-order valence-electron chi connectivity index (χ3n) is 5.88. The maximum absolute atomic E-state index is 13.0. The first kappa shape index (κ1) is 18.6. The molecule has 1 aromatic rings. The maximum atomic E-state index is 13.0. The molecule has 0 saturated carbocycles. The lowest BCUT2D eigenvalue weighted by Crippen LogP contribution is -2.52. The van der Waals surface area contributed by atoms with Crippen LogP contribution in [0, 0.1) is 5.92 Å². The van der Waals surface area contributed by atoms with E-state index in [1.54, 1.807) is 4.90 Å². The number of anilines is 2. The second kappa shape index (κ2) is 8.10. The first-order valence-corrected chi connectivity index (χ1v) is 10.9. The van der Waals surface area contributed by atoms with E-state index in [1.807, 2.05) is 4.90 Å². The second-order valence-corrected chi connectivity index (χ2v) is 8.50. The quantitative estimate of drug-likeness (QED) is 0.763. The minimum absolute atomic E-state index is 0.0349. The van der Waals surface area contributed by atoms with Crippen molar-refractivity contribution in [3.63, 3.8) is 0 Å². The van der Waals surface area contributed by atoms with E-state index in [0.29, 0.717) is 18.1 Å². The molecule has 8 nitrogen and oxygen atoms in total. The van der Waals surface area contributed by atoms with E-state index in [1.165, 1.54) is 11.3 Å². The van der Waals surface area contributed by atoms with Gasteiger partial charge >= 0.3 is 0 Å². The maximum Gasteiger partial charge on any atom is 0.228 e. The van der Waals surface area contributed by atoms with Crippen molar-refractivity contribution in [3.05, 3.63) is 0 Å². The zero-order valence-electron chi connectivity index (χ0n) is 16.0.